The van der Waals surface area contributed by atoms with E-state index >= 15 is 0 Å². The van der Waals surface area contributed by atoms with Gasteiger partial charge in [-0.2, -0.15) is 5.06 Å². The number of likely N-dealkylation sites (tertiary alicyclic amines) is 1. The fourth-order valence-corrected chi connectivity index (χ4v) is 4.24. The van der Waals surface area contributed by atoms with Crippen LogP contribution < -0.4 is 5.06 Å². The summed E-state index contributed by atoms with van der Waals surface area (Å²) in [5, 5.41) is 1.30. The van der Waals surface area contributed by atoms with Gasteiger partial charge in [0.05, 0.1) is 24.4 Å². The number of rotatable bonds is 6. The zero-order valence-electron chi connectivity index (χ0n) is 18.6. The number of amides is 2. The van der Waals surface area contributed by atoms with Crippen LogP contribution in [0.3, 0.4) is 0 Å². The van der Waals surface area contributed by atoms with Gasteiger partial charge in [0, 0.05) is 19.3 Å². The molecule has 0 bridgehead atoms. The summed E-state index contributed by atoms with van der Waals surface area (Å²) in [6, 6.07) is 22.8. The number of carbonyl (C=O) groups is 2. The molecule has 1 saturated heterocycles. The largest absolute Gasteiger partial charge is 0.445 e. The quantitative estimate of drug-likeness (QED) is 0.528. The first-order valence-electron chi connectivity index (χ1n) is 10.9. The lowest BCUT2D eigenvalue weighted by Crippen LogP contribution is -2.54. The number of aromatic nitrogens is 1. The fraction of sp³-hybridized carbons (Fsp3) is 0.269. The number of piperidine rings is 1. The maximum absolute atomic E-state index is 13.9. The SMILES string of the molecule is CON(C(=O)C1(c2ccccc2)CCN(C(=O)OCc2ccccc2)CC1)c1cccnc1. The number of hydroxylamine groups is 1. The molecule has 0 radical (unpaired) electrons. The molecular weight excluding hydrogens is 418 g/mol. The average Bonchev–Trinajstić information content (AvgIpc) is 2.89. The van der Waals surface area contributed by atoms with Gasteiger partial charge in [0.25, 0.3) is 5.91 Å². The van der Waals surface area contributed by atoms with Crippen LogP contribution in [0.4, 0.5) is 10.5 Å². The number of hydrogen-bond donors (Lipinski definition) is 0. The van der Waals surface area contributed by atoms with E-state index in [1.807, 2.05) is 60.7 Å². The summed E-state index contributed by atoms with van der Waals surface area (Å²) in [7, 11) is 1.47. The number of hydrogen-bond acceptors (Lipinski definition) is 5. The smallest absolute Gasteiger partial charge is 0.410 e. The molecule has 33 heavy (non-hydrogen) atoms. The molecule has 1 aliphatic heterocycles. The monoisotopic (exact) mass is 445 g/mol. The Morgan fingerprint density at radius 1 is 0.970 bits per heavy atom. The van der Waals surface area contributed by atoms with E-state index in [1.54, 1.807) is 29.4 Å². The first kappa shape index (κ1) is 22.5. The molecule has 2 amide bonds. The minimum atomic E-state index is -0.830. The molecule has 0 N–H and O–H groups in total. The summed E-state index contributed by atoms with van der Waals surface area (Å²) < 4.78 is 5.50. The highest BCUT2D eigenvalue weighted by Gasteiger charge is 2.46. The van der Waals surface area contributed by atoms with Crippen molar-refractivity contribution < 1.29 is 19.2 Å². The van der Waals surface area contributed by atoms with Crippen LogP contribution in [-0.2, 0) is 26.4 Å². The predicted molar refractivity (Wildman–Crippen MR) is 124 cm³/mol. The van der Waals surface area contributed by atoms with E-state index in [0.717, 1.165) is 11.1 Å². The van der Waals surface area contributed by atoms with Crippen molar-refractivity contribution in [1.29, 1.82) is 0 Å². The molecule has 3 aromatic rings. The van der Waals surface area contributed by atoms with E-state index in [4.69, 9.17) is 9.57 Å². The lowest BCUT2D eigenvalue weighted by Gasteiger charge is -2.42. The molecule has 7 nitrogen and oxygen atoms in total. The third kappa shape index (κ3) is 4.88. The molecule has 0 unspecified atom stereocenters. The zero-order chi connectivity index (χ0) is 23.1. The summed E-state index contributed by atoms with van der Waals surface area (Å²) >= 11 is 0. The Morgan fingerprint density at radius 2 is 1.64 bits per heavy atom. The zero-order valence-corrected chi connectivity index (χ0v) is 18.6. The molecule has 0 saturated carbocycles. The standard InChI is InChI=1S/C26H27N3O4/c1-32-29(23-13-8-16-27-19-23)24(30)26(22-11-6-3-7-12-22)14-17-28(18-15-26)25(31)33-20-21-9-4-2-5-10-21/h2-13,16,19H,14-15,17-18,20H2,1H3. The molecule has 0 aliphatic carbocycles. The maximum atomic E-state index is 13.9. The number of benzene rings is 2. The summed E-state index contributed by atoms with van der Waals surface area (Å²) in [6.45, 7) is 1.02. The predicted octanol–water partition coefficient (Wildman–Crippen LogP) is 4.35. The lowest BCUT2D eigenvalue weighted by atomic mass is 9.72. The van der Waals surface area contributed by atoms with Gasteiger partial charge in [0.15, 0.2) is 0 Å². The Balaban J connectivity index is 1.52. The molecule has 170 valence electrons. The van der Waals surface area contributed by atoms with E-state index in [-0.39, 0.29) is 18.6 Å². The van der Waals surface area contributed by atoms with E-state index in [1.165, 1.54) is 12.2 Å². The van der Waals surface area contributed by atoms with Crippen molar-refractivity contribution in [2.45, 2.75) is 24.9 Å². The first-order valence-corrected chi connectivity index (χ1v) is 10.9. The van der Waals surface area contributed by atoms with Gasteiger partial charge in [0.2, 0.25) is 0 Å². The van der Waals surface area contributed by atoms with Crippen molar-refractivity contribution in [1.82, 2.24) is 9.88 Å². The second kappa shape index (κ2) is 10.3. The van der Waals surface area contributed by atoms with Crippen LogP contribution >= 0.6 is 0 Å². The van der Waals surface area contributed by atoms with Crippen LogP contribution in [-0.4, -0.2) is 42.1 Å². The molecule has 2 aromatic carbocycles. The van der Waals surface area contributed by atoms with E-state index in [9.17, 15) is 9.59 Å². The molecule has 4 rings (SSSR count). The highest BCUT2D eigenvalue weighted by atomic mass is 16.7. The van der Waals surface area contributed by atoms with Gasteiger partial charge < -0.3 is 9.64 Å². The van der Waals surface area contributed by atoms with E-state index in [2.05, 4.69) is 4.98 Å². The number of pyridine rings is 1. The third-order valence-electron chi connectivity index (χ3n) is 6.06. The van der Waals surface area contributed by atoms with Crippen molar-refractivity contribution in [2.24, 2.45) is 0 Å². The molecule has 7 heteroatoms. The summed E-state index contributed by atoms with van der Waals surface area (Å²) in [4.78, 5) is 37.8. The topological polar surface area (TPSA) is 72.0 Å². The Morgan fingerprint density at radius 3 is 2.24 bits per heavy atom. The molecule has 0 atom stereocenters. The molecule has 2 heterocycles. The van der Waals surface area contributed by atoms with Crippen molar-refractivity contribution in [3.8, 4) is 0 Å². The fourth-order valence-electron chi connectivity index (χ4n) is 4.24. The van der Waals surface area contributed by atoms with Crippen molar-refractivity contribution in [3.05, 3.63) is 96.3 Å². The summed E-state index contributed by atoms with van der Waals surface area (Å²) in [5.41, 5.74) is 1.57. The summed E-state index contributed by atoms with van der Waals surface area (Å²) in [6.07, 6.45) is 3.78. The maximum Gasteiger partial charge on any atom is 0.410 e. The van der Waals surface area contributed by atoms with Gasteiger partial charge in [0.1, 0.15) is 6.61 Å². The molecular formula is C26H27N3O4. The number of carbonyl (C=O) groups excluding carboxylic acids is 2. The lowest BCUT2D eigenvalue weighted by molar-refractivity contribution is -0.132. The number of anilines is 1. The van der Waals surface area contributed by atoms with Gasteiger partial charge in [-0.05, 0) is 36.1 Å². The molecule has 1 aromatic heterocycles. The van der Waals surface area contributed by atoms with E-state index in [0.29, 0.717) is 31.6 Å². The van der Waals surface area contributed by atoms with Crippen LogP contribution in [0.25, 0.3) is 0 Å². The molecule has 0 spiro atoms. The second-order valence-corrected chi connectivity index (χ2v) is 7.97. The highest BCUT2D eigenvalue weighted by molar-refractivity contribution is 5.99. The minimum absolute atomic E-state index is 0.179. The highest BCUT2D eigenvalue weighted by Crippen LogP contribution is 2.38. The van der Waals surface area contributed by atoms with Crippen LogP contribution in [0.2, 0.25) is 0 Å². The van der Waals surface area contributed by atoms with Gasteiger partial charge in [-0.1, -0.05) is 60.7 Å². The second-order valence-electron chi connectivity index (χ2n) is 7.97. The van der Waals surface area contributed by atoms with Crippen molar-refractivity contribution in [3.63, 3.8) is 0 Å². The molecule has 1 aliphatic rings. The molecule has 1 fully saturated rings. The van der Waals surface area contributed by atoms with Crippen LogP contribution in [0, 0.1) is 0 Å². The third-order valence-corrected chi connectivity index (χ3v) is 6.06. The summed E-state index contributed by atoms with van der Waals surface area (Å²) in [5.74, 6) is -0.179. The Bertz CT molecular complexity index is 1050. The number of ether oxygens (including phenoxy) is 1. The minimum Gasteiger partial charge on any atom is -0.445 e. The normalized spacial score (nSPS) is 15.0. The Hall–Kier alpha value is -3.71. The van der Waals surface area contributed by atoms with Crippen LogP contribution in [0.1, 0.15) is 24.0 Å². The average molecular weight is 446 g/mol. The van der Waals surface area contributed by atoms with Gasteiger partial charge >= 0.3 is 6.09 Å². The van der Waals surface area contributed by atoms with Crippen molar-refractivity contribution >= 4 is 17.7 Å². The number of nitrogens with zero attached hydrogens (tertiary/aromatic N) is 3. The van der Waals surface area contributed by atoms with Gasteiger partial charge in [-0.25, -0.2) is 4.79 Å². The van der Waals surface area contributed by atoms with Crippen LogP contribution in [0.5, 0.6) is 0 Å². The first-order chi connectivity index (χ1) is 16.1. The van der Waals surface area contributed by atoms with Crippen molar-refractivity contribution in [2.75, 3.05) is 25.3 Å². The van der Waals surface area contributed by atoms with Gasteiger partial charge in [-0.3, -0.25) is 14.6 Å². The van der Waals surface area contributed by atoms with Gasteiger partial charge in [-0.15, -0.1) is 0 Å². The Kier molecular flexibility index (Phi) is 7.00. The van der Waals surface area contributed by atoms with Crippen LogP contribution in [0.15, 0.2) is 85.2 Å². The van der Waals surface area contributed by atoms with E-state index < -0.39 is 5.41 Å². The Labute approximate surface area is 193 Å².